The highest BCUT2D eigenvalue weighted by Gasteiger charge is 2.28. The molecule has 0 aliphatic carbocycles. The second-order valence-corrected chi connectivity index (χ2v) is 6.71. The van der Waals surface area contributed by atoms with Crippen molar-refractivity contribution in [1.29, 1.82) is 0 Å². The topological polar surface area (TPSA) is 113 Å². The molecule has 8 heteroatoms. The number of amides is 1. The molecule has 1 unspecified atom stereocenters. The minimum Gasteiger partial charge on any atom is -0.392 e. The fourth-order valence-electron chi connectivity index (χ4n) is 3.18. The van der Waals surface area contributed by atoms with Crippen LogP contribution in [0.3, 0.4) is 0 Å². The van der Waals surface area contributed by atoms with Gasteiger partial charge in [0.1, 0.15) is 0 Å². The van der Waals surface area contributed by atoms with Crippen LogP contribution in [0.5, 0.6) is 0 Å². The highest BCUT2D eigenvalue weighted by Crippen LogP contribution is 2.34. The van der Waals surface area contributed by atoms with Gasteiger partial charge in [-0.15, -0.1) is 5.11 Å². The molecule has 1 aliphatic rings. The summed E-state index contributed by atoms with van der Waals surface area (Å²) in [5, 5.41) is 29.2. The number of carbonyl (C=O) groups excluding carboxylic acids is 1. The largest absolute Gasteiger partial charge is 0.392 e. The zero-order chi connectivity index (χ0) is 18.7. The van der Waals surface area contributed by atoms with Gasteiger partial charge < -0.3 is 10.1 Å². The molecule has 8 nitrogen and oxygen atoms in total. The van der Waals surface area contributed by atoms with Gasteiger partial charge in [0.2, 0.25) is 5.91 Å². The molecule has 0 fully saturated rings. The van der Waals surface area contributed by atoms with Crippen molar-refractivity contribution < 1.29 is 15.1 Å². The van der Waals surface area contributed by atoms with E-state index in [4.69, 9.17) is 5.21 Å². The Bertz CT molecular complexity index is 856. The lowest BCUT2D eigenvalue weighted by Crippen LogP contribution is -2.26. The van der Waals surface area contributed by atoms with Crippen molar-refractivity contribution in [2.45, 2.75) is 32.9 Å². The Morgan fingerprint density at radius 2 is 2.23 bits per heavy atom. The van der Waals surface area contributed by atoms with Crippen LogP contribution in [0, 0.1) is 5.92 Å². The number of nitrogens with zero attached hydrogens (tertiary/aromatic N) is 3. The van der Waals surface area contributed by atoms with E-state index in [0.717, 1.165) is 22.2 Å². The number of hydroxylamine groups is 1. The summed E-state index contributed by atoms with van der Waals surface area (Å²) >= 11 is 0. The third-order valence-electron chi connectivity index (χ3n) is 4.42. The maximum atomic E-state index is 11.2. The van der Waals surface area contributed by atoms with Crippen LogP contribution in [0.2, 0.25) is 0 Å². The fourth-order valence-corrected chi connectivity index (χ4v) is 3.18. The molecular formula is C18H23N5O3. The van der Waals surface area contributed by atoms with E-state index >= 15 is 0 Å². The predicted molar refractivity (Wildman–Crippen MR) is 96.0 cm³/mol. The number of fused-ring (bicyclic) bond motifs is 1. The van der Waals surface area contributed by atoms with E-state index in [-0.39, 0.29) is 25.0 Å². The van der Waals surface area contributed by atoms with E-state index < -0.39 is 5.91 Å². The second-order valence-electron chi connectivity index (χ2n) is 6.71. The highest BCUT2D eigenvalue weighted by atomic mass is 16.5. The van der Waals surface area contributed by atoms with E-state index in [1.165, 1.54) is 0 Å². The minimum atomic E-state index is -0.484. The zero-order valence-corrected chi connectivity index (χ0v) is 14.8. The van der Waals surface area contributed by atoms with Crippen LogP contribution < -0.4 is 5.48 Å². The Kier molecular flexibility index (Phi) is 5.34. The van der Waals surface area contributed by atoms with Gasteiger partial charge in [0.25, 0.3) is 0 Å². The molecule has 2 heterocycles. The SMILES string of the molecule is CC(C)C(c1cc2ccc(CO)cc2[nH]1)N1C/C(=C/CC(=O)NO)N=N1. The van der Waals surface area contributed by atoms with Crippen molar-refractivity contribution in [3.8, 4) is 0 Å². The number of nitrogens with one attached hydrogen (secondary N) is 2. The average Bonchev–Trinajstić information content (AvgIpc) is 3.25. The molecule has 1 aromatic carbocycles. The van der Waals surface area contributed by atoms with Gasteiger partial charge in [0.15, 0.2) is 0 Å². The number of hydrogen-bond donors (Lipinski definition) is 4. The first-order chi connectivity index (χ1) is 12.5. The van der Waals surface area contributed by atoms with Crippen molar-refractivity contribution in [1.82, 2.24) is 15.5 Å². The first-order valence-electron chi connectivity index (χ1n) is 8.54. The maximum Gasteiger partial charge on any atom is 0.247 e. The predicted octanol–water partition coefficient (Wildman–Crippen LogP) is 2.82. The quantitative estimate of drug-likeness (QED) is 0.470. The first kappa shape index (κ1) is 18.1. The molecule has 4 N–H and O–H groups in total. The number of benzene rings is 1. The Labute approximate surface area is 151 Å². The summed E-state index contributed by atoms with van der Waals surface area (Å²) in [5.41, 5.74) is 5.15. The summed E-state index contributed by atoms with van der Waals surface area (Å²) in [6.45, 7) is 4.74. The second kappa shape index (κ2) is 7.67. The van der Waals surface area contributed by atoms with Crippen molar-refractivity contribution in [3.63, 3.8) is 0 Å². The van der Waals surface area contributed by atoms with E-state index in [1.807, 2.05) is 23.2 Å². The van der Waals surface area contributed by atoms with E-state index in [2.05, 4.69) is 35.2 Å². The molecule has 1 amide bonds. The van der Waals surface area contributed by atoms with Crippen LogP contribution in [0.4, 0.5) is 0 Å². The Balaban J connectivity index is 1.82. The summed E-state index contributed by atoms with van der Waals surface area (Å²) in [6, 6.07) is 7.94. The van der Waals surface area contributed by atoms with Crippen molar-refractivity contribution in [2.75, 3.05) is 6.54 Å². The van der Waals surface area contributed by atoms with Crippen LogP contribution in [0.1, 0.15) is 37.6 Å². The molecule has 0 radical (unpaired) electrons. The number of aromatic nitrogens is 1. The molecular weight excluding hydrogens is 334 g/mol. The van der Waals surface area contributed by atoms with Gasteiger partial charge in [-0.2, -0.15) is 0 Å². The number of H-pyrrole nitrogens is 1. The third kappa shape index (κ3) is 3.76. The number of aromatic amines is 1. The Morgan fingerprint density at radius 3 is 2.92 bits per heavy atom. The van der Waals surface area contributed by atoms with Gasteiger partial charge in [0.05, 0.1) is 24.9 Å². The average molecular weight is 357 g/mol. The van der Waals surface area contributed by atoms with Gasteiger partial charge in [-0.1, -0.05) is 31.2 Å². The Morgan fingerprint density at radius 1 is 1.42 bits per heavy atom. The number of aliphatic hydroxyl groups is 1. The lowest BCUT2D eigenvalue weighted by atomic mass is 10.00. The number of aliphatic hydroxyl groups excluding tert-OH is 1. The molecule has 1 atom stereocenters. The lowest BCUT2D eigenvalue weighted by Gasteiger charge is -2.27. The maximum absolute atomic E-state index is 11.2. The minimum absolute atomic E-state index is 0.00120. The molecule has 138 valence electrons. The van der Waals surface area contributed by atoms with Crippen LogP contribution in [0.25, 0.3) is 10.9 Å². The lowest BCUT2D eigenvalue weighted by molar-refractivity contribution is -0.128. The fraction of sp³-hybridized carbons (Fsp3) is 0.389. The Hall–Kier alpha value is -2.71. The van der Waals surface area contributed by atoms with E-state index in [1.54, 1.807) is 11.6 Å². The molecule has 26 heavy (non-hydrogen) atoms. The molecule has 3 rings (SSSR count). The van der Waals surface area contributed by atoms with E-state index in [9.17, 15) is 9.90 Å². The highest BCUT2D eigenvalue weighted by molar-refractivity contribution is 5.81. The van der Waals surface area contributed by atoms with Gasteiger partial charge in [-0.3, -0.25) is 15.0 Å². The number of carbonyl (C=O) groups is 1. The summed E-state index contributed by atoms with van der Waals surface area (Å²) in [7, 11) is 0. The molecule has 0 saturated heterocycles. The zero-order valence-electron chi connectivity index (χ0n) is 14.8. The van der Waals surface area contributed by atoms with Gasteiger partial charge in [0, 0.05) is 17.6 Å². The van der Waals surface area contributed by atoms with E-state index in [0.29, 0.717) is 12.2 Å². The first-order valence-corrected chi connectivity index (χ1v) is 8.54. The van der Waals surface area contributed by atoms with Crippen LogP contribution in [-0.4, -0.2) is 32.8 Å². The molecule has 2 aromatic rings. The molecule has 0 saturated carbocycles. The van der Waals surface area contributed by atoms with Crippen molar-refractivity contribution >= 4 is 16.8 Å². The van der Waals surface area contributed by atoms with Crippen molar-refractivity contribution in [2.24, 2.45) is 16.3 Å². The standard InChI is InChI=1S/C18H23N5O3/c1-11(2)18(23-9-14(20-22-23)5-6-17(25)21-26)16-8-13-4-3-12(10-24)7-15(13)19-16/h3-5,7-8,11,18-19,24,26H,6,9-10H2,1-2H3,(H,21,25)/b14-5-. The third-order valence-corrected chi connectivity index (χ3v) is 4.42. The van der Waals surface area contributed by atoms with Crippen LogP contribution >= 0.6 is 0 Å². The smallest absolute Gasteiger partial charge is 0.247 e. The summed E-state index contributed by atoms with van der Waals surface area (Å²) < 4.78 is 0. The summed E-state index contributed by atoms with van der Waals surface area (Å²) in [4.78, 5) is 14.6. The number of hydrogen-bond acceptors (Lipinski definition) is 6. The molecule has 1 aromatic heterocycles. The summed E-state index contributed by atoms with van der Waals surface area (Å²) in [6.07, 6.45) is 1.71. The molecule has 1 aliphatic heterocycles. The van der Waals surface area contributed by atoms with Crippen molar-refractivity contribution in [3.05, 3.63) is 47.3 Å². The van der Waals surface area contributed by atoms with Gasteiger partial charge in [-0.05, 0) is 35.1 Å². The monoisotopic (exact) mass is 357 g/mol. The summed E-state index contributed by atoms with van der Waals surface area (Å²) in [5.74, 6) is -0.207. The number of rotatable bonds is 6. The van der Waals surface area contributed by atoms with Crippen LogP contribution in [-0.2, 0) is 11.4 Å². The normalized spacial score (nSPS) is 16.8. The van der Waals surface area contributed by atoms with Gasteiger partial charge in [-0.25, -0.2) is 5.48 Å². The van der Waals surface area contributed by atoms with Crippen LogP contribution in [0.15, 0.2) is 46.4 Å². The van der Waals surface area contributed by atoms with Gasteiger partial charge >= 0.3 is 0 Å². The molecule has 0 bridgehead atoms. The molecule has 0 spiro atoms.